The molecule has 0 fully saturated rings. The van der Waals surface area contributed by atoms with E-state index in [2.05, 4.69) is 15.4 Å². The van der Waals surface area contributed by atoms with Gasteiger partial charge in [-0.3, -0.25) is 14.4 Å². The molecule has 0 bridgehead atoms. The molecule has 3 amide bonds. The Kier molecular flexibility index (Phi) is 10.3. The second-order valence-corrected chi connectivity index (χ2v) is 7.90. The molecule has 1 heterocycles. The average Bonchev–Trinajstić information content (AvgIpc) is 2.83. The molecule has 14 heteroatoms. The van der Waals surface area contributed by atoms with Crippen molar-refractivity contribution in [3.63, 3.8) is 0 Å². The maximum absolute atomic E-state index is 13.0. The number of likely N-dealkylation sites (N-methyl/N-ethyl adjacent to an activating group) is 1. The van der Waals surface area contributed by atoms with Gasteiger partial charge in [-0.1, -0.05) is 18.2 Å². The van der Waals surface area contributed by atoms with E-state index in [1.54, 1.807) is 12.1 Å². The number of methoxy groups -OCH3 is 1. The molecule has 10 nitrogen and oxygen atoms in total. The van der Waals surface area contributed by atoms with Crippen LogP contribution in [-0.4, -0.2) is 89.8 Å². The number of nitrogens with zero attached hydrogens (tertiary/aromatic N) is 1. The van der Waals surface area contributed by atoms with E-state index in [0.717, 1.165) is 17.0 Å². The van der Waals surface area contributed by atoms with Crippen LogP contribution in [0.15, 0.2) is 54.7 Å². The monoisotopic (exact) mass is 545 g/mol. The van der Waals surface area contributed by atoms with Crippen molar-refractivity contribution >= 4 is 53.2 Å². The molecule has 3 N–H and O–H groups in total. The number of carbonyl (C=O) groups excluding carboxylic acids is 3. The first-order valence-corrected chi connectivity index (χ1v) is 10.7. The Bertz CT molecular complexity index is 1250. The Labute approximate surface area is 237 Å². The number of amides is 3. The van der Waals surface area contributed by atoms with Crippen LogP contribution in [0.3, 0.4) is 0 Å². The molecule has 0 aliphatic carbocycles. The van der Waals surface area contributed by atoms with Crippen LogP contribution in [0.2, 0.25) is 0 Å². The minimum absolute atomic E-state index is 0. The number of benzene rings is 2. The first-order valence-electron chi connectivity index (χ1n) is 10.7. The molecule has 0 saturated carbocycles. The molecular weight excluding hydrogens is 522 g/mol. The number of ketones is 1. The van der Waals surface area contributed by atoms with Crippen LogP contribution in [0.5, 0.6) is 11.5 Å². The summed E-state index contributed by atoms with van der Waals surface area (Å²) in [4.78, 5) is 49.5. The van der Waals surface area contributed by atoms with Crippen LogP contribution in [0.25, 0.3) is 11.1 Å². The maximum atomic E-state index is 13.0. The van der Waals surface area contributed by atoms with E-state index >= 15 is 0 Å². The van der Waals surface area contributed by atoms with Gasteiger partial charge in [0.1, 0.15) is 11.5 Å². The zero-order valence-electron chi connectivity index (χ0n) is 19.5. The standard InChI is InChI=1S/C24H22F3N3O7.Na.H/c1-30-9-8-18(31)21(22(30)34)29-23(35)28-17(12-20(32)33)14-6-7-19(37-24(25,26)27)16(11-14)13-4-3-5-15(10-13)36-2;;/h3-11,17,21H,12H2,1-2H3,(H,32,33)(H2,28,29,35);;. The van der Waals surface area contributed by atoms with Crippen LogP contribution in [-0.2, 0) is 14.4 Å². The summed E-state index contributed by atoms with van der Waals surface area (Å²) in [6, 6.07) is 5.71. The summed E-state index contributed by atoms with van der Waals surface area (Å²) in [5.41, 5.74) is 0.353. The normalized spacial score (nSPS) is 15.8. The number of carboxylic acids is 1. The average molecular weight is 545 g/mol. The number of nitrogens with one attached hydrogen (secondary N) is 2. The number of carboxylic acid groups (broad SMARTS) is 1. The predicted molar refractivity (Wildman–Crippen MR) is 130 cm³/mol. The number of rotatable bonds is 8. The molecule has 1 aliphatic rings. The van der Waals surface area contributed by atoms with Crippen molar-refractivity contribution in [2.75, 3.05) is 14.2 Å². The number of halogens is 3. The van der Waals surface area contributed by atoms with E-state index in [9.17, 15) is 37.5 Å². The van der Waals surface area contributed by atoms with E-state index in [1.165, 1.54) is 44.6 Å². The van der Waals surface area contributed by atoms with Crippen molar-refractivity contribution in [1.29, 1.82) is 0 Å². The van der Waals surface area contributed by atoms with Crippen molar-refractivity contribution < 1.29 is 46.9 Å². The van der Waals surface area contributed by atoms with Gasteiger partial charge in [-0.2, -0.15) is 0 Å². The summed E-state index contributed by atoms with van der Waals surface area (Å²) < 4.78 is 48.4. The van der Waals surface area contributed by atoms with E-state index in [0.29, 0.717) is 5.75 Å². The van der Waals surface area contributed by atoms with Gasteiger partial charge < -0.3 is 30.1 Å². The molecular formula is C24H23F3N3NaO7. The molecule has 0 spiro atoms. The van der Waals surface area contributed by atoms with Crippen LogP contribution in [0, 0.1) is 0 Å². The van der Waals surface area contributed by atoms with Crippen molar-refractivity contribution in [1.82, 2.24) is 15.5 Å². The molecule has 2 atom stereocenters. The number of ether oxygens (including phenoxy) is 2. The first-order chi connectivity index (χ1) is 17.4. The van der Waals surface area contributed by atoms with E-state index in [4.69, 9.17) is 4.74 Å². The third-order valence-electron chi connectivity index (χ3n) is 5.31. The number of hydrogen-bond donors (Lipinski definition) is 3. The Morgan fingerprint density at radius 3 is 2.50 bits per heavy atom. The fourth-order valence-electron chi connectivity index (χ4n) is 3.57. The molecule has 2 aromatic rings. The van der Waals surface area contributed by atoms with Gasteiger partial charge in [0.05, 0.1) is 19.6 Å². The topological polar surface area (TPSA) is 134 Å². The van der Waals surface area contributed by atoms with E-state index < -0.39 is 54.3 Å². The fraction of sp³-hybridized carbons (Fsp3) is 0.250. The summed E-state index contributed by atoms with van der Waals surface area (Å²) in [6.07, 6.45) is -3.33. The Morgan fingerprint density at radius 2 is 1.87 bits per heavy atom. The van der Waals surface area contributed by atoms with Gasteiger partial charge in [0.15, 0.2) is 11.8 Å². The molecule has 0 aromatic heterocycles. The molecule has 0 saturated heterocycles. The predicted octanol–water partition coefficient (Wildman–Crippen LogP) is 2.35. The van der Waals surface area contributed by atoms with Gasteiger partial charge >= 0.3 is 47.9 Å². The Morgan fingerprint density at radius 1 is 1.16 bits per heavy atom. The zero-order valence-corrected chi connectivity index (χ0v) is 19.5. The molecule has 38 heavy (non-hydrogen) atoms. The summed E-state index contributed by atoms with van der Waals surface area (Å²) in [6.45, 7) is 0. The minimum atomic E-state index is -5.01. The van der Waals surface area contributed by atoms with Crippen molar-refractivity contribution in [2.45, 2.75) is 24.9 Å². The number of alkyl halides is 3. The Balaban J connectivity index is 0.00000507. The summed E-state index contributed by atoms with van der Waals surface area (Å²) in [7, 11) is 2.76. The second kappa shape index (κ2) is 12.8. The number of hydrogen-bond acceptors (Lipinski definition) is 6. The number of carbonyl (C=O) groups is 4. The van der Waals surface area contributed by atoms with Crippen LogP contribution in [0.1, 0.15) is 18.0 Å². The summed E-state index contributed by atoms with van der Waals surface area (Å²) in [5, 5.41) is 13.9. The number of urea groups is 1. The van der Waals surface area contributed by atoms with Crippen molar-refractivity contribution in [2.24, 2.45) is 0 Å². The molecule has 0 radical (unpaired) electrons. The van der Waals surface area contributed by atoms with E-state index in [1.807, 2.05) is 0 Å². The Hall–Kier alpha value is -3.55. The fourth-order valence-corrected chi connectivity index (χ4v) is 3.57. The number of aliphatic carboxylic acids is 1. The molecule has 3 rings (SSSR count). The van der Waals surface area contributed by atoms with Crippen LogP contribution in [0.4, 0.5) is 18.0 Å². The van der Waals surface area contributed by atoms with Gasteiger partial charge in [-0.15, -0.1) is 13.2 Å². The van der Waals surface area contributed by atoms with Crippen LogP contribution < -0.4 is 20.1 Å². The van der Waals surface area contributed by atoms with Gasteiger partial charge in [0, 0.05) is 24.9 Å². The summed E-state index contributed by atoms with van der Waals surface area (Å²) in [5.74, 6) is -2.91. The van der Waals surface area contributed by atoms with E-state index in [-0.39, 0.29) is 46.2 Å². The zero-order chi connectivity index (χ0) is 27.3. The molecule has 1 aliphatic heterocycles. The molecule has 2 aromatic carbocycles. The van der Waals surface area contributed by atoms with Crippen molar-refractivity contribution in [3.05, 3.63) is 60.3 Å². The second-order valence-electron chi connectivity index (χ2n) is 7.90. The third kappa shape index (κ3) is 7.97. The molecule has 2 unspecified atom stereocenters. The molecule has 198 valence electrons. The SMILES string of the molecule is COc1cccc(-c2cc(C(CC(=O)O)NC(=O)NC3C(=O)C=CN(C)C3=O)ccc2OC(F)(F)F)c1.[NaH]. The first kappa shape index (κ1) is 30.7. The van der Waals surface area contributed by atoms with Gasteiger partial charge in [-0.05, 0) is 35.4 Å². The van der Waals surface area contributed by atoms with Gasteiger partial charge in [0.2, 0.25) is 0 Å². The summed E-state index contributed by atoms with van der Waals surface area (Å²) >= 11 is 0. The van der Waals surface area contributed by atoms with Gasteiger partial charge in [0.25, 0.3) is 5.91 Å². The van der Waals surface area contributed by atoms with Crippen LogP contribution >= 0.6 is 0 Å². The quantitative estimate of drug-likeness (QED) is 0.343. The third-order valence-corrected chi connectivity index (χ3v) is 5.31. The van der Waals surface area contributed by atoms with Crippen molar-refractivity contribution in [3.8, 4) is 22.6 Å². The van der Waals surface area contributed by atoms with Gasteiger partial charge in [-0.25, -0.2) is 4.79 Å².